The molecule has 160 valence electrons. The number of nitro groups is 2. The van der Waals surface area contributed by atoms with Gasteiger partial charge in [0.1, 0.15) is 0 Å². The van der Waals surface area contributed by atoms with E-state index in [2.05, 4.69) is 6.07 Å². The average molecular weight is 452 g/mol. The number of hydrogen-bond donors (Lipinski definition) is 0. The van der Waals surface area contributed by atoms with Gasteiger partial charge in [0.05, 0.1) is 34.7 Å². The molecule has 3 aromatic rings. The maximum Gasteiger partial charge on any atom is 0.318 e. The lowest BCUT2D eigenvalue weighted by Crippen LogP contribution is -1.97. The second kappa shape index (κ2) is 9.59. The molecule has 0 aliphatic heterocycles. The highest BCUT2D eigenvalue weighted by molar-refractivity contribution is 6.32. The molecular formula is C22H14ClN3O6. The van der Waals surface area contributed by atoms with E-state index in [4.69, 9.17) is 21.1 Å². The Balaban J connectivity index is 1.98. The highest BCUT2D eigenvalue weighted by atomic mass is 35.5. The van der Waals surface area contributed by atoms with E-state index in [0.717, 1.165) is 18.2 Å². The van der Waals surface area contributed by atoms with Gasteiger partial charge in [-0.25, -0.2) is 0 Å². The molecule has 0 saturated heterocycles. The number of nitriles is 1. The van der Waals surface area contributed by atoms with Crippen molar-refractivity contribution in [1.29, 1.82) is 5.26 Å². The zero-order chi connectivity index (χ0) is 23.3. The summed E-state index contributed by atoms with van der Waals surface area (Å²) in [7, 11) is 1.39. The van der Waals surface area contributed by atoms with Crippen LogP contribution in [-0.2, 0) is 0 Å². The summed E-state index contributed by atoms with van der Waals surface area (Å²) in [4.78, 5) is 20.7. The molecule has 3 aromatic carbocycles. The predicted octanol–water partition coefficient (Wildman–Crippen LogP) is 6.02. The van der Waals surface area contributed by atoms with Crippen LogP contribution in [0.1, 0.15) is 11.1 Å². The number of rotatable bonds is 7. The second-order valence-corrected chi connectivity index (χ2v) is 6.74. The Morgan fingerprint density at radius 3 is 2.34 bits per heavy atom. The normalized spacial score (nSPS) is 10.8. The summed E-state index contributed by atoms with van der Waals surface area (Å²) in [6, 6.07) is 16.8. The Bertz CT molecular complexity index is 1280. The third-order valence-electron chi connectivity index (χ3n) is 4.35. The minimum atomic E-state index is -0.769. The lowest BCUT2D eigenvalue weighted by molar-refractivity contribution is -0.394. The molecule has 0 spiro atoms. The molecule has 0 heterocycles. The van der Waals surface area contributed by atoms with Crippen molar-refractivity contribution in [2.45, 2.75) is 0 Å². The number of methoxy groups -OCH3 is 1. The van der Waals surface area contributed by atoms with Gasteiger partial charge in [0.15, 0.2) is 11.5 Å². The van der Waals surface area contributed by atoms with Crippen molar-refractivity contribution < 1.29 is 19.3 Å². The predicted molar refractivity (Wildman–Crippen MR) is 118 cm³/mol. The van der Waals surface area contributed by atoms with E-state index in [1.807, 2.05) is 0 Å². The quantitative estimate of drug-likeness (QED) is 0.186. The molecule has 0 amide bonds. The first-order valence-electron chi connectivity index (χ1n) is 8.99. The first kappa shape index (κ1) is 22.3. The van der Waals surface area contributed by atoms with Gasteiger partial charge in [-0.05, 0) is 35.9 Å². The SMILES string of the molecule is COc1cc(C=C(C#N)c2ccccc2Cl)ccc1Oc1ccc([N+](=O)[O-])cc1[N+](=O)[O-]. The van der Waals surface area contributed by atoms with Crippen LogP contribution in [0.2, 0.25) is 5.02 Å². The fourth-order valence-electron chi connectivity index (χ4n) is 2.84. The van der Waals surface area contributed by atoms with Gasteiger partial charge in [-0.1, -0.05) is 35.9 Å². The van der Waals surface area contributed by atoms with Crippen LogP contribution in [0.5, 0.6) is 17.2 Å². The van der Waals surface area contributed by atoms with E-state index in [0.29, 0.717) is 21.7 Å². The number of nitro benzene ring substituents is 2. The maximum atomic E-state index is 11.3. The third kappa shape index (κ3) is 4.83. The average Bonchev–Trinajstić information content (AvgIpc) is 2.78. The van der Waals surface area contributed by atoms with Gasteiger partial charge in [-0.15, -0.1) is 0 Å². The molecule has 0 radical (unpaired) electrons. The Morgan fingerprint density at radius 2 is 1.72 bits per heavy atom. The monoisotopic (exact) mass is 451 g/mol. The zero-order valence-corrected chi connectivity index (χ0v) is 17.3. The van der Waals surface area contributed by atoms with Gasteiger partial charge in [0.2, 0.25) is 5.75 Å². The Kier molecular flexibility index (Phi) is 6.68. The first-order chi connectivity index (χ1) is 15.3. The highest BCUT2D eigenvalue weighted by Gasteiger charge is 2.22. The summed E-state index contributed by atoms with van der Waals surface area (Å²) in [5.74, 6) is 0.205. The molecule has 0 saturated carbocycles. The number of halogens is 1. The molecular weight excluding hydrogens is 438 g/mol. The van der Waals surface area contributed by atoms with Gasteiger partial charge in [-0.2, -0.15) is 5.26 Å². The van der Waals surface area contributed by atoms with E-state index >= 15 is 0 Å². The lowest BCUT2D eigenvalue weighted by atomic mass is 10.0. The maximum absolute atomic E-state index is 11.3. The third-order valence-corrected chi connectivity index (χ3v) is 4.68. The van der Waals surface area contributed by atoms with Crippen LogP contribution in [0.4, 0.5) is 11.4 Å². The molecule has 32 heavy (non-hydrogen) atoms. The zero-order valence-electron chi connectivity index (χ0n) is 16.5. The van der Waals surface area contributed by atoms with Crippen LogP contribution < -0.4 is 9.47 Å². The topological polar surface area (TPSA) is 129 Å². The Labute approximate surface area is 187 Å². The summed E-state index contributed by atoms with van der Waals surface area (Å²) in [5, 5.41) is 32.2. The fourth-order valence-corrected chi connectivity index (χ4v) is 3.08. The van der Waals surface area contributed by atoms with Crippen molar-refractivity contribution in [3.05, 3.63) is 97.0 Å². The fraction of sp³-hybridized carbons (Fsp3) is 0.0455. The first-order valence-corrected chi connectivity index (χ1v) is 9.37. The van der Waals surface area contributed by atoms with Crippen molar-refractivity contribution in [1.82, 2.24) is 0 Å². The Morgan fingerprint density at radius 1 is 1.00 bits per heavy atom. The minimum absolute atomic E-state index is 0.151. The van der Waals surface area contributed by atoms with Crippen molar-refractivity contribution in [3.63, 3.8) is 0 Å². The molecule has 9 nitrogen and oxygen atoms in total. The van der Waals surface area contributed by atoms with Crippen LogP contribution in [0.15, 0.2) is 60.7 Å². The van der Waals surface area contributed by atoms with Crippen molar-refractivity contribution >= 4 is 34.6 Å². The largest absolute Gasteiger partial charge is 0.493 e. The number of hydrogen-bond acceptors (Lipinski definition) is 7. The molecule has 3 rings (SSSR count). The van der Waals surface area contributed by atoms with E-state index in [9.17, 15) is 25.5 Å². The van der Waals surface area contributed by atoms with E-state index < -0.39 is 21.2 Å². The molecule has 0 bridgehead atoms. The molecule has 0 fully saturated rings. The molecule has 0 aliphatic carbocycles. The van der Waals surface area contributed by atoms with Gasteiger partial charge < -0.3 is 9.47 Å². The molecule has 0 N–H and O–H groups in total. The second-order valence-electron chi connectivity index (χ2n) is 6.33. The summed E-state index contributed by atoms with van der Waals surface area (Å²) in [5.41, 5.74) is 0.509. The van der Waals surface area contributed by atoms with Gasteiger partial charge in [0, 0.05) is 16.7 Å². The van der Waals surface area contributed by atoms with Crippen LogP contribution in [-0.4, -0.2) is 17.0 Å². The van der Waals surface area contributed by atoms with Gasteiger partial charge in [-0.3, -0.25) is 20.2 Å². The van der Waals surface area contributed by atoms with Crippen LogP contribution in [0, 0.1) is 31.6 Å². The number of ether oxygens (including phenoxy) is 2. The van der Waals surface area contributed by atoms with Crippen molar-refractivity contribution in [3.8, 4) is 23.3 Å². The summed E-state index contributed by atoms with van der Waals surface area (Å²) < 4.78 is 10.9. The number of benzene rings is 3. The Hall–Kier alpha value is -4.42. The highest BCUT2D eigenvalue weighted by Crippen LogP contribution is 2.39. The molecule has 0 unspecified atom stereocenters. The number of non-ortho nitro benzene ring substituents is 1. The van der Waals surface area contributed by atoms with Crippen LogP contribution >= 0.6 is 11.6 Å². The van der Waals surface area contributed by atoms with E-state index in [1.165, 1.54) is 13.2 Å². The van der Waals surface area contributed by atoms with Crippen LogP contribution in [0.25, 0.3) is 11.6 Å². The van der Waals surface area contributed by atoms with E-state index in [1.54, 1.807) is 42.5 Å². The summed E-state index contributed by atoms with van der Waals surface area (Å²) in [6.45, 7) is 0. The molecule has 0 aliphatic rings. The molecule has 0 atom stereocenters. The molecule has 0 aromatic heterocycles. The summed E-state index contributed by atoms with van der Waals surface area (Å²) >= 11 is 6.18. The smallest absolute Gasteiger partial charge is 0.318 e. The minimum Gasteiger partial charge on any atom is -0.493 e. The van der Waals surface area contributed by atoms with Crippen LogP contribution in [0.3, 0.4) is 0 Å². The van der Waals surface area contributed by atoms with Gasteiger partial charge >= 0.3 is 5.69 Å². The van der Waals surface area contributed by atoms with Crippen molar-refractivity contribution in [2.75, 3.05) is 7.11 Å². The number of allylic oxidation sites excluding steroid dienone is 1. The summed E-state index contributed by atoms with van der Waals surface area (Å²) in [6.07, 6.45) is 1.61. The van der Waals surface area contributed by atoms with E-state index in [-0.39, 0.29) is 17.2 Å². The lowest BCUT2D eigenvalue weighted by Gasteiger charge is -2.11. The number of nitrogens with zero attached hydrogens (tertiary/aromatic N) is 3. The standard InChI is InChI=1S/C22H14ClN3O6/c1-31-22-11-14(10-15(13-24)17-4-2-3-5-18(17)23)6-8-21(22)32-20-9-7-16(25(27)28)12-19(20)26(29)30/h2-12H,1H3. The molecule has 10 heteroatoms. The van der Waals surface area contributed by atoms with Crippen molar-refractivity contribution in [2.24, 2.45) is 0 Å². The van der Waals surface area contributed by atoms with Gasteiger partial charge in [0.25, 0.3) is 5.69 Å².